The van der Waals surface area contributed by atoms with Gasteiger partial charge in [-0.05, 0) is 23.6 Å². The summed E-state index contributed by atoms with van der Waals surface area (Å²) in [6.45, 7) is 0. The maximum Gasteiger partial charge on any atom is 0.292 e. The molecule has 1 atom stereocenters. The van der Waals surface area contributed by atoms with Gasteiger partial charge < -0.3 is 9.67 Å². The van der Waals surface area contributed by atoms with Crippen LogP contribution in [-0.2, 0) is 7.05 Å². The topological polar surface area (TPSA) is 42.2 Å². The number of aryl methyl sites for hydroxylation is 1. The second kappa shape index (κ2) is 5.44. The fourth-order valence-electron chi connectivity index (χ4n) is 2.66. The van der Waals surface area contributed by atoms with Gasteiger partial charge in [0.25, 0.3) is 5.56 Å². The fraction of sp³-hybridized carbons (Fsp3) is 0.167. The number of hydrogen-bond acceptors (Lipinski definition) is 2. The summed E-state index contributed by atoms with van der Waals surface area (Å²) >= 11 is 0. The largest absolute Gasteiger partial charge is 0.503 e. The first kappa shape index (κ1) is 13.4. The Balaban J connectivity index is 2.00. The van der Waals surface area contributed by atoms with Crippen molar-refractivity contribution in [3.63, 3.8) is 0 Å². The van der Waals surface area contributed by atoms with Crippen LogP contribution in [0.25, 0.3) is 5.57 Å². The molecule has 1 heterocycles. The molecule has 2 aromatic rings. The third kappa shape index (κ3) is 2.68. The average molecular weight is 279 g/mol. The minimum atomic E-state index is -0.376. The highest BCUT2D eigenvalue weighted by molar-refractivity contribution is 5.76. The zero-order valence-corrected chi connectivity index (χ0v) is 11.9. The van der Waals surface area contributed by atoms with Gasteiger partial charge in [-0.3, -0.25) is 4.79 Å². The molecule has 1 aromatic carbocycles. The number of hydrogen-bond donors (Lipinski definition) is 1. The molecule has 0 aliphatic heterocycles. The molecule has 3 nitrogen and oxygen atoms in total. The SMILES string of the molecule is Cn1cc(C2=CC(c3ccccc3)CC=C2)cc(O)c1=O. The van der Waals surface area contributed by atoms with Crippen LogP contribution in [0.5, 0.6) is 5.75 Å². The molecule has 0 amide bonds. The van der Waals surface area contributed by atoms with E-state index in [1.807, 2.05) is 24.3 Å². The maximum absolute atomic E-state index is 11.6. The summed E-state index contributed by atoms with van der Waals surface area (Å²) in [5.74, 6) is 0.108. The molecule has 0 radical (unpaired) electrons. The van der Waals surface area contributed by atoms with Gasteiger partial charge in [-0.25, -0.2) is 0 Å². The van der Waals surface area contributed by atoms with Crippen LogP contribution in [0.4, 0.5) is 0 Å². The monoisotopic (exact) mass is 279 g/mol. The van der Waals surface area contributed by atoms with Crippen LogP contribution in [0.15, 0.2) is 65.6 Å². The Hall–Kier alpha value is -2.55. The van der Waals surface area contributed by atoms with Crippen LogP contribution in [-0.4, -0.2) is 9.67 Å². The van der Waals surface area contributed by atoms with Crippen LogP contribution in [0, 0.1) is 0 Å². The van der Waals surface area contributed by atoms with E-state index in [4.69, 9.17) is 0 Å². The van der Waals surface area contributed by atoms with Crippen molar-refractivity contribution >= 4 is 5.57 Å². The zero-order valence-electron chi connectivity index (χ0n) is 11.9. The van der Waals surface area contributed by atoms with E-state index in [1.165, 1.54) is 16.2 Å². The van der Waals surface area contributed by atoms with E-state index in [9.17, 15) is 9.90 Å². The number of pyridine rings is 1. The van der Waals surface area contributed by atoms with Gasteiger partial charge in [0.1, 0.15) is 0 Å². The second-order valence-corrected chi connectivity index (χ2v) is 5.31. The van der Waals surface area contributed by atoms with Crippen LogP contribution < -0.4 is 5.56 Å². The van der Waals surface area contributed by atoms with Crippen molar-refractivity contribution in [2.45, 2.75) is 12.3 Å². The second-order valence-electron chi connectivity index (χ2n) is 5.31. The van der Waals surface area contributed by atoms with Crippen LogP contribution in [0.2, 0.25) is 0 Å². The van der Waals surface area contributed by atoms with Crippen LogP contribution >= 0.6 is 0 Å². The number of rotatable bonds is 2. The van der Waals surface area contributed by atoms with Gasteiger partial charge in [-0.1, -0.05) is 48.6 Å². The quantitative estimate of drug-likeness (QED) is 0.917. The van der Waals surface area contributed by atoms with Crippen molar-refractivity contribution in [2.75, 3.05) is 0 Å². The molecule has 3 rings (SSSR count). The summed E-state index contributed by atoms with van der Waals surface area (Å²) in [5.41, 5.74) is 2.78. The van der Waals surface area contributed by atoms with Gasteiger partial charge in [-0.2, -0.15) is 0 Å². The molecule has 0 spiro atoms. The lowest BCUT2D eigenvalue weighted by atomic mass is 9.88. The standard InChI is InChI=1S/C18H17NO2/c1-19-12-16(11-17(20)18(19)21)15-9-5-8-14(10-15)13-6-3-2-4-7-13/h2-7,9-12,14,20H,8H2,1H3. The Labute approximate surface area is 123 Å². The first-order valence-corrected chi connectivity index (χ1v) is 6.98. The van der Waals surface area contributed by atoms with E-state index in [-0.39, 0.29) is 11.3 Å². The molecule has 1 N–H and O–H groups in total. The Bertz CT molecular complexity index is 743. The van der Waals surface area contributed by atoms with Crippen molar-refractivity contribution in [2.24, 2.45) is 7.05 Å². The van der Waals surface area contributed by atoms with E-state index in [1.54, 1.807) is 13.2 Å². The molecule has 21 heavy (non-hydrogen) atoms. The molecule has 1 aliphatic rings. The minimum absolute atomic E-state index is 0.217. The summed E-state index contributed by atoms with van der Waals surface area (Å²) in [6, 6.07) is 11.9. The number of benzene rings is 1. The highest BCUT2D eigenvalue weighted by Gasteiger charge is 2.14. The van der Waals surface area contributed by atoms with E-state index < -0.39 is 0 Å². The highest BCUT2D eigenvalue weighted by Crippen LogP contribution is 2.31. The Morgan fingerprint density at radius 1 is 1.24 bits per heavy atom. The predicted molar refractivity (Wildman–Crippen MR) is 84.3 cm³/mol. The summed E-state index contributed by atoms with van der Waals surface area (Å²) in [6.07, 6.45) is 9.08. The summed E-state index contributed by atoms with van der Waals surface area (Å²) in [7, 11) is 1.65. The van der Waals surface area contributed by atoms with Crippen molar-refractivity contribution in [1.29, 1.82) is 0 Å². The van der Waals surface area contributed by atoms with Crippen molar-refractivity contribution in [1.82, 2.24) is 4.57 Å². The lowest BCUT2D eigenvalue weighted by molar-refractivity contribution is 0.461. The molecule has 0 saturated carbocycles. The van der Waals surface area contributed by atoms with Crippen molar-refractivity contribution in [3.05, 3.63) is 82.3 Å². The lowest BCUT2D eigenvalue weighted by Crippen LogP contribution is -2.16. The summed E-state index contributed by atoms with van der Waals surface area (Å²) in [5, 5.41) is 9.71. The van der Waals surface area contributed by atoms with Crippen molar-refractivity contribution < 1.29 is 5.11 Å². The van der Waals surface area contributed by atoms with Gasteiger partial charge >= 0.3 is 0 Å². The molecular formula is C18H17NO2. The Kier molecular flexibility index (Phi) is 3.48. The van der Waals surface area contributed by atoms with Gasteiger partial charge in [-0.15, -0.1) is 0 Å². The summed E-state index contributed by atoms with van der Waals surface area (Å²) in [4.78, 5) is 11.6. The molecule has 0 bridgehead atoms. The van der Waals surface area contributed by atoms with E-state index >= 15 is 0 Å². The third-order valence-corrected chi connectivity index (χ3v) is 3.79. The summed E-state index contributed by atoms with van der Waals surface area (Å²) < 4.78 is 1.41. The van der Waals surface area contributed by atoms with E-state index in [2.05, 4.69) is 24.3 Å². The number of aromatic hydroxyl groups is 1. The average Bonchev–Trinajstić information content (AvgIpc) is 2.53. The molecule has 3 heteroatoms. The Morgan fingerprint density at radius 2 is 2.00 bits per heavy atom. The zero-order chi connectivity index (χ0) is 14.8. The molecule has 1 aromatic heterocycles. The van der Waals surface area contributed by atoms with Crippen molar-refractivity contribution in [3.8, 4) is 5.75 Å². The predicted octanol–water partition coefficient (Wildman–Crippen LogP) is 3.22. The lowest BCUT2D eigenvalue weighted by Gasteiger charge is -2.18. The van der Waals surface area contributed by atoms with E-state index in [0.29, 0.717) is 5.92 Å². The van der Waals surface area contributed by atoms with E-state index in [0.717, 1.165) is 17.6 Å². The minimum Gasteiger partial charge on any atom is -0.503 e. The van der Waals surface area contributed by atoms with Crippen LogP contribution in [0.3, 0.4) is 0 Å². The normalized spacial score (nSPS) is 17.6. The third-order valence-electron chi connectivity index (χ3n) is 3.79. The fourth-order valence-corrected chi connectivity index (χ4v) is 2.66. The first-order valence-electron chi connectivity index (χ1n) is 6.98. The van der Waals surface area contributed by atoms with Gasteiger partial charge in [0.15, 0.2) is 5.75 Å². The molecule has 1 unspecified atom stereocenters. The maximum atomic E-state index is 11.6. The highest BCUT2D eigenvalue weighted by atomic mass is 16.3. The molecule has 106 valence electrons. The molecule has 0 saturated heterocycles. The number of allylic oxidation sites excluding steroid dienone is 4. The van der Waals surface area contributed by atoms with Crippen LogP contribution in [0.1, 0.15) is 23.5 Å². The Morgan fingerprint density at radius 3 is 2.71 bits per heavy atom. The smallest absolute Gasteiger partial charge is 0.292 e. The van der Waals surface area contributed by atoms with Gasteiger partial charge in [0.2, 0.25) is 0 Å². The molecule has 0 fully saturated rings. The first-order chi connectivity index (χ1) is 10.1. The number of aromatic nitrogens is 1. The van der Waals surface area contributed by atoms with Gasteiger partial charge in [0, 0.05) is 24.7 Å². The molecular weight excluding hydrogens is 262 g/mol. The molecule has 1 aliphatic carbocycles. The number of nitrogens with zero attached hydrogens (tertiary/aromatic N) is 1. The van der Waals surface area contributed by atoms with Gasteiger partial charge in [0.05, 0.1) is 0 Å².